The van der Waals surface area contributed by atoms with Gasteiger partial charge in [-0.25, -0.2) is 14.8 Å². The number of ether oxygens (including phenoxy) is 3. The van der Waals surface area contributed by atoms with Gasteiger partial charge in [0.1, 0.15) is 17.2 Å². The molecule has 2 heterocycles. The Morgan fingerprint density at radius 3 is 1.87 bits per heavy atom. The summed E-state index contributed by atoms with van der Waals surface area (Å²) in [5.74, 6) is 0.436. The number of carbonyl (C=O) groups excluding carboxylic acids is 2. The van der Waals surface area contributed by atoms with Crippen molar-refractivity contribution in [3.63, 3.8) is 0 Å². The number of rotatable bonds is 8. The Bertz CT molecular complexity index is 1600. The van der Waals surface area contributed by atoms with Crippen LogP contribution in [-0.2, 0) is 4.74 Å². The molecular weight excluding hydrogens is 482 g/mol. The third-order valence-electron chi connectivity index (χ3n) is 5.91. The molecule has 0 unspecified atom stereocenters. The van der Waals surface area contributed by atoms with Crippen LogP contribution in [-0.4, -0.2) is 47.5 Å². The number of carbonyl (C=O) groups is 2. The van der Waals surface area contributed by atoms with Gasteiger partial charge in [0.05, 0.1) is 42.2 Å². The summed E-state index contributed by atoms with van der Waals surface area (Å²) in [7, 11) is 3.23. The van der Waals surface area contributed by atoms with Gasteiger partial charge in [-0.05, 0) is 78.9 Å². The maximum absolute atomic E-state index is 12.7. The Balaban J connectivity index is 1.50. The maximum atomic E-state index is 12.7. The summed E-state index contributed by atoms with van der Waals surface area (Å²) in [6.07, 6.45) is 1.51. The first kappa shape index (κ1) is 24.6. The number of ketones is 1. The fraction of sp³-hybridized carbons (Fsp3) is 0.100. The lowest BCUT2D eigenvalue weighted by atomic mass is 10.0. The van der Waals surface area contributed by atoms with Crippen molar-refractivity contribution in [2.75, 3.05) is 20.8 Å². The highest BCUT2D eigenvalue weighted by Gasteiger charge is 2.17. The van der Waals surface area contributed by atoms with Crippen LogP contribution in [0.15, 0.2) is 91.1 Å². The quantitative estimate of drug-likeness (QED) is 0.204. The second-order valence-corrected chi connectivity index (χ2v) is 8.30. The lowest BCUT2D eigenvalue weighted by Crippen LogP contribution is -2.15. The van der Waals surface area contributed by atoms with Gasteiger partial charge in [0.25, 0.3) is 0 Å². The molecule has 0 bridgehead atoms. The number of benzene rings is 3. The van der Waals surface area contributed by atoms with Crippen LogP contribution in [0.3, 0.4) is 0 Å². The highest BCUT2D eigenvalue weighted by atomic mass is 16.5. The fourth-order valence-corrected chi connectivity index (χ4v) is 3.90. The van der Waals surface area contributed by atoms with E-state index in [1.807, 2.05) is 48.5 Å². The molecule has 0 fully saturated rings. The van der Waals surface area contributed by atoms with Gasteiger partial charge in [-0.3, -0.25) is 9.78 Å². The molecule has 0 aliphatic carbocycles. The molecule has 38 heavy (non-hydrogen) atoms. The molecule has 8 heteroatoms. The molecule has 0 atom stereocenters. The number of fused-ring (bicyclic) bond motifs is 1. The van der Waals surface area contributed by atoms with Crippen LogP contribution >= 0.6 is 0 Å². The van der Waals surface area contributed by atoms with Crippen LogP contribution in [0.4, 0.5) is 0 Å². The van der Waals surface area contributed by atoms with Gasteiger partial charge in [-0.15, -0.1) is 0 Å². The SMILES string of the molecule is COc1ccc(-c2nc3ccc(C(=O)OCC(=O)c4ccccn4)cc3nc2-c2ccc(OC)cc2)cc1. The first-order valence-electron chi connectivity index (χ1n) is 11.8. The van der Waals surface area contributed by atoms with Crippen molar-refractivity contribution in [1.29, 1.82) is 0 Å². The first-order valence-corrected chi connectivity index (χ1v) is 11.8. The largest absolute Gasteiger partial charge is 0.497 e. The third kappa shape index (κ3) is 5.19. The second-order valence-electron chi connectivity index (χ2n) is 8.30. The third-order valence-corrected chi connectivity index (χ3v) is 5.91. The van der Waals surface area contributed by atoms with E-state index in [1.165, 1.54) is 6.20 Å². The molecule has 188 valence electrons. The van der Waals surface area contributed by atoms with E-state index in [0.29, 0.717) is 22.4 Å². The van der Waals surface area contributed by atoms with Gasteiger partial charge in [0.15, 0.2) is 6.61 Å². The molecule has 0 saturated heterocycles. The molecule has 0 saturated carbocycles. The zero-order chi connectivity index (χ0) is 26.5. The van der Waals surface area contributed by atoms with Gasteiger partial charge >= 0.3 is 5.97 Å². The Hall–Kier alpha value is -5.11. The standard InChI is InChI=1S/C30H23N3O5/c1-36-22-11-6-19(7-12-22)28-29(20-8-13-23(37-2)14-9-20)33-26-17-21(10-15-24(26)32-28)30(35)38-18-27(34)25-5-3-4-16-31-25/h3-17H,18H2,1-2H3. The fourth-order valence-electron chi connectivity index (χ4n) is 3.90. The summed E-state index contributed by atoms with van der Waals surface area (Å²) in [4.78, 5) is 38.8. The summed E-state index contributed by atoms with van der Waals surface area (Å²) in [5.41, 5.74) is 4.64. The molecule has 0 radical (unpaired) electrons. The van der Waals surface area contributed by atoms with Crippen molar-refractivity contribution < 1.29 is 23.8 Å². The summed E-state index contributed by atoms with van der Waals surface area (Å²) in [6.45, 7) is -0.410. The average Bonchev–Trinajstić information content (AvgIpc) is 2.99. The van der Waals surface area contributed by atoms with E-state index in [4.69, 9.17) is 24.2 Å². The molecule has 0 aliphatic rings. The lowest BCUT2D eigenvalue weighted by molar-refractivity contribution is 0.0473. The average molecular weight is 506 g/mol. The number of esters is 1. The van der Waals surface area contributed by atoms with Gasteiger partial charge in [-0.1, -0.05) is 6.07 Å². The zero-order valence-corrected chi connectivity index (χ0v) is 20.8. The van der Waals surface area contributed by atoms with Crippen LogP contribution in [0, 0.1) is 0 Å². The Labute approximate surface area is 218 Å². The maximum Gasteiger partial charge on any atom is 0.338 e. The van der Waals surface area contributed by atoms with Crippen molar-refractivity contribution >= 4 is 22.8 Å². The van der Waals surface area contributed by atoms with E-state index >= 15 is 0 Å². The first-order chi connectivity index (χ1) is 18.6. The molecule has 0 aliphatic heterocycles. The molecular formula is C30H23N3O5. The minimum atomic E-state index is -0.636. The summed E-state index contributed by atoms with van der Waals surface area (Å²) >= 11 is 0. The normalized spacial score (nSPS) is 10.7. The molecule has 2 aromatic heterocycles. The Morgan fingerprint density at radius 2 is 1.32 bits per heavy atom. The molecule has 3 aromatic carbocycles. The second kappa shape index (κ2) is 10.9. The Kier molecular flexibility index (Phi) is 7.04. The Morgan fingerprint density at radius 1 is 0.711 bits per heavy atom. The number of pyridine rings is 1. The monoisotopic (exact) mass is 505 g/mol. The van der Waals surface area contributed by atoms with Crippen molar-refractivity contribution in [2.24, 2.45) is 0 Å². The molecule has 0 amide bonds. The highest BCUT2D eigenvalue weighted by molar-refractivity contribution is 5.99. The summed E-state index contributed by atoms with van der Waals surface area (Å²) in [5, 5.41) is 0. The van der Waals surface area contributed by atoms with Crippen LogP contribution in [0.5, 0.6) is 11.5 Å². The molecule has 0 N–H and O–H groups in total. The highest BCUT2D eigenvalue weighted by Crippen LogP contribution is 2.33. The van der Waals surface area contributed by atoms with Crippen molar-refractivity contribution in [3.8, 4) is 34.0 Å². The lowest BCUT2D eigenvalue weighted by Gasteiger charge is -2.12. The van der Waals surface area contributed by atoms with Gasteiger partial charge < -0.3 is 14.2 Å². The van der Waals surface area contributed by atoms with Gasteiger partial charge in [0, 0.05) is 17.3 Å². The van der Waals surface area contributed by atoms with E-state index in [-0.39, 0.29) is 17.0 Å². The van der Waals surface area contributed by atoms with E-state index in [9.17, 15) is 9.59 Å². The zero-order valence-electron chi connectivity index (χ0n) is 20.8. The number of hydrogen-bond acceptors (Lipinski definition) is 8. The molecule has 8 nitrogen and oxygen atoms in total. The van der Waals surface area contributed by atoms with Crippen LogP contribution in [0.1, 0.15) is 20.8 Å². The predicted molar refractivity (Wildman–Crippen MR) is 142 cm³/mol. The number of nitrogens with zero attached hydrogens (tertiary/aromatic N) is 3. The minimum absolute atomic E-state index is 0.236. The van der Waals surface area contributed by atoms with Gasteiger partial charge in [0.2, 0.25) is 5.78 Å². The number of Topliss-reactive ketones (excluding diaryl/α,β-unsaturated/α-hetero) is 1. The number of hydrogen-bond donors (Lipinski definition) is 0. The van der Waals surface area contributed by atoms with E-state index in [0.717, 1.165) is 22.6 Å². The van der Waals surface area contributed by atoms with Crippen LogP contribution in [0.25, 0.3) is 33.5 Å². The van der Waals surface area contributed by atoms with Crippen LogP contribution in [0.2, 0.25) is 0 Å². The van der Waals surface area contributed by atoms with Crippen molar-refractivity contribution in [1.82, 2.24) is 15.0 Å². The summed E-state index contributed by atoms with van der Waals surface area (Å²) in [6, 6.07) is 25.0. The van der Waals surface area contributed by atoms with Crippen molar-refractivity contribution in [2.45, 2.75) is 0 Å². The summed E-state index contributed by atoms with van der Waals surface area (Å²) < 4.78 is 15.8. The van der Waals surface area contributed by atoms with Crippen LogP contribution < -0.4 is 9.47 Å². The number of methoxy groups -OCH3 is 2. The topological polar surface area (TPSA) is 101 Å². The van der Waals surface area contributed by atoms with E-state index in [1.54, 1.807) is 50.6 Å². The predicted octanol–water partition coefficient (Wildman–Crippen LogP) is 5.42. The molecule has 5 rings (SSSR count). The smallest absolute Gasteiger partial charge is 0.338 e. The number of aromatic nitrogens is 3. The molecule has 0 spiro atoms. The van der Waals surface area contributed by atoms with Crippen molar-refractivity contribution in [3.05, 3.63) is 102 Å². The van der Waals surface area contributed by atoms with E-state index in [2.05, 4.69) is 4.98 Å². The molecule has 5 aromatic rings. The van der Waals surface area contributed by atoms with E-state index < -0.39 is 12.6 Å². The van der Waals surface area contributed by atoms with Gasteiger partial charge in [-0.2, -0.15) is 0 Å². The minimum Gasteiger partial charge on any atom is -0.497 e.